The third kappa shape index (κ3) is 3.82. The minimum Gasteiger partial charge on any atom is -0.339 e. The first kappa shape index (κ1) is 16.9. The summed E-state index contributed by atoms with van der Waals surface area (Å²) in [7, 11) is 0. The van der Waals surface area contributed by atoms with E-state index in [4.69, 9.17) is 4.52 Å². The van der Waals surface area contributed by atoms with Crippen molar-refractivity contribution in [3.05, 3.63) is 11.7 Å². The molecule has 6 nitrogen and oxygen atoms in total. The summed E-state index contributed by atoms with van der Waals surface area (Å²) >= 11 is 0. The lowest BCUT2D eigenvalue weighted by Gasteiger charge is -2.40. The smallest absolute Gasteiger partial charge is 0.317 e. The van der Waals surface area contributed by atoms with Gasteiger partial charge in [-0.2, -0.15) is 4.98 Å². The van der Waals surface area contributed by atoms with Gasteiger partial charge in [0.05, 0.1) is 5.92 Å². The van der Waals surface area contributed by atoms with Gasteiger partial charge in [0.15, 0.2) is 5.82 Å². The zero-order valence-electron chi connectivity index (χ0n) is 15.2. The van der Waals surface area contributed by atoms with E-state index < -0.39 is 0 Å². The molecule has 0 unspecified atom stereocenters. The van der Waals surface area contributed by atoms with Crippen molar-refractivity contribution in [1.82, 2.24) is 20.4 Å². The Hall–Kier alpha value is -1.59. The molecule has 3 fully saturated rings. The van der Waals surface area contributed by atoms with Crippen LogP contribution in [0.5, 0.6) is 0 Å². The molecule has 4 rings (SSSR count). The molecule has 6 heteroatoms. The summed E-state index contributed by atoms with van der Waals surface area (Å²) in [6, 6.07) is 0.457. The fraction of sp³-hybridized carbons (Fsp3) is 0.842. The molecule has 1 N–H and O–H groups in total. The number of aromatic nitrogens is 2. The molecule has 3 aliphatic rings. The topological polar surface area (TPSA) is 71.3 Å². The molecule has 2 saturated carbocycles. The Morgan fingerprint density at radius 3 is 2.76 bits per heavy atom. The summed E-state index contributed by atoms with van der Waals surface area (Å²) in [4.78, 5) is 19.1. The van der Waals surface area contributed by atoms with Gasteiger partial charge in [-0.05, 0) is 50.9 Å². The van der Waals surface area contributed by atoms with E-state index in [1.807, 2.05) is 11.8 Å². The lowest BCUT2D eigenvalue weighted by Crippen LogP contribution is -2.50. The fourth-order valence-corrected chi connectivity index (χ4v) is 5.11. The fourth-order valence-electron chi connectivity index (χ4n) is 5.11. The van der Waals surface area contributed by atoms with E-state index in [-0.39, 0.29) is 11.9 Å². The maximum atomic E-state index is 12.8. The van der Waals surface area contributed by atoms with Crippen molar-refractivity contribution in [1.29, 1.82) is 0 Å². The number of likely N-dealkylation sites (tertiary alicyclic amines) is 1. The molecular weight excluding hydrogens is 316 g/mol. The second kappa shape index (κ2) is 7.34. The highest BCUT2D eigenvalue weighted by atomic mass is 16.5. The average molecular weight is 346 g/mol. The SMILES string of the molecule is Cc1noc([C@@H]2CCCN(C(=O)N[C@@H]3CC[C@H]4CCCC[C@@H]4C3)C2)n1. The van der Waals surface area contributed by atoms with Crippen molar-refractivity contribution in [3.63, 3.8) is 0 Å². The molecule has 138 valence electrons. The molecule has 1 aromatic rings. The Morgan fingerprint density at radius 2 is 1.96 bits per heavy atom. The number of piperidine rings is 1. The van der Waals surface area contributed by atoms with Crippen LogP contribution in [-0.2, 0) is 0 Å². The molecule has 2 amide bonds. The number of carbonyl (C=O) groups excluding carboxylic acids is 1. The molecule has 0 aromatic carbocycles. The van der Waals surface area contributed by atoms with E-state index in [2.05, 4.69) is 15.5 Å². The molecule has 0 spiro atoms. The summed E-state index contributed by atoms with van der Waals surface area (Å²) in [6.45, 7) is 3.35. The molecule has 0 bridgehead atoms. The molecule has 0 radical (unpaired) electrons. The van der Waals surface area contributed by atoms with Crippen molar-refractivity contribution in [2.24, 2.45) is 11.8 Å². The minimum absolute atomic E-state index is 0.0974. The van der Waals surface area contributed by atoms with Crippen LogP contribution >= 0.6 is 0 Å². The van der Waals surface area contributed by atoms with E-state index in [1.165, 1.54) is 38.5 Å². The van der Waals surface area contributed by atoms with Gasteiger partial charge >= 0.3 is 6.03 Å². The standard InChI is InChI=1S/C19H30N4O2/c1-13-20-18(25-22-13)16-7-4-10-23(12-16)19(24)21-17-9-8-14-5-2-3-6-15(14)11-17/h14-17H,2-12H2,1H3,(H,21,24)/t14-,15-,16-,17-/m1/s1. The number of nitrogens with zero attached hydrogens (tertiary/aromatic N) is 3. The predicted octanol–water partition coefficient (Wildman–Crippen LogP) is 3.63. The highest BCUT2D eigenvalue weighted by molar-refractivity contribution is 5.74. The summed E-state index contributed by atoms with van der Waals surface area (Å²) in [5.41, 5.74) is 0. The summed E-state index contributed by atoms with van der Waals surface area (Å²) in [5, 5.41) is 7.21. The van der Waals surface area contributed by atoms with Crippen LogP contribution in [-0.4, -0.2) is 40.2 Å². The number of rotatable bonds is 2. The van der Waals surface area contributed by atoms with Crippen molar-refractivity contribution in [2.75, 3.05) is 13.1 Å². The minimum atomic E-state index is 0.0974. The predicted molar refractivity (Wildman–Crippen MR) is 94.2 cm³/mol. The van der Waals surface area contributed by atoms with E-state index >= 15 is 0 Å². The highest BCUT2D eigenvalue weighted by Gasteiger charge is 2.34. The highest BCUT2D eigenvalue weighted by Crippen LogP contribution is 2.40. The lowest BCUT2D eigenvalue weighted by atomic mass is 9.69. The quantitative estimate of drug-likeness (QED) is 0.888. The second-order valence-corrected chi connectivity index (χ2v) is 8.23. The van der Waals surface area contributed by atoms with Crippen molar-refractivity contribution < 1.29 is 9.32 Å². The van der Waals surface area contributed by atoms with E-state index in [9.17, 15) is 4.79 Å². The Balaban J connectivity index is 1.31. The van der Waals surface area contributed by atoms with Crippen molar-refractivity contribution >= 4 is 6.03 Å². The average Bonchev–Trinajstić information content (AvgIpc) is 3.08. The number of amides is 2. The van der Waals surface area contributed by atoms with Gasteiger partial charge in [0.2, 0.25) is 5.89 Å². The van der Waals surface area contributed by atoms with Gasteiger partial charge in [0, 0.05) is 19.1 Å². The maximum absolute atomic E-state index is 12.8. The zero-order valence-corrected chi connectivity index (χ0v) is 15.2. The number of fused-ring (bicyclic) bond motifs is 1. The number of hydrogen-bond acceptors (Lipinski definition) is 4. The summed E-state index contributed by atoms with van der Waals surface area (Å²) in [6.07, 6.45) is 11.2. The van der Waals surface area contributed by atoms with Crippen LogP contribution in [0.4, 0.5) is 4.79 Å². The van der Waals surface area contributed by atoms with Gasteiger partial charge in [-0.15, -0.1) is 0 Å². The van der Waals surface area contributed by atoms with Crippen LogP contribution in [0.2, 0.25) is 0 Å². The van der Waals surface area contributed by atoms with Gasteiger partial charge in [0.1, 0.15) is 0 Å². The van der Waals surface area contributed by atoms with E-state index in [0.717, 1.165) is 37.6 Å². The van der Waals surface area contributed by atoms with E-state index in [1.54, 1.807) is 0 Å². The Kier molecular flexibility index (Phi) is 4.95. The van der Waals surface area contributed by atoms with Crippen LogP contribution in [0.25, 0.3) is 0 Å². The number of nitrogens with one attached hydrogen (secondary N) is 1. The largest absolute Gasteiger partial charge is 0.339 e. The lowest BCUT2D eigenvalue weighted by molar-refractivity contribution is 0.132. The van der Waals surface area contributed by atoms with Crippen LogP contribution in [0.3, 0.4) is 0 Å². The van der Waals surface area contributed by atoms with Crippen LogP contribution in [0, 0.1) is 18.8 Å². The monoisotopic (exact) mass is 346 g/mol. The molecule has 4 atom stereocenters. The second-order valence-electron chi connectivity index (χ2n) is 8.23. The Bertz CT molecular complexity index is 602. The van der Waals surface area contributed by atoms with Crippen LogP contribution in [0.15, 0.2) is 4.52 Å². The van der Waals surface area contributed by atoms with E-state index in [0.29, 0.717) is 24.3 Å². The molecule has 2 heterocycles. The Labute approximate surface area is 149 Å². The molecule has 1 aromatic heterocycles. The number of urea groups is 1. The maximum Gasteiger partial charge on any atom is 0.317 e. The molecule has 1 saturated heterocycles. The first-order valence-corrected chi connectivity index (χ1v) is 10.0. The van der Waals surface area contributed by atoms with Crippen molar-refractivity contribution in [2.45, 2.75) is 76.7 Å². The summed E-state index contributed by atoms with van der Waals surface area (Å²) in [5.74, 6) is 3.28. The summed E-state index contributed by atoms with van der Waals surface area (Å²) < 4.78 is 5.32. The molecule has 1 aliphatic heterocycles. The van der Waals surface area contributed by atoms with Gasteiger partial charge in [-0.25, -0.2) is 4.79 Å². The number of aryl methyl sites for hydroxylation is 1. The third-order valence-corrected chi connectivity index (χ3v) is 6.47. The van der Waals surface area contributed by atoms with Crippen molar-refractivity contribution in [3.8, 4) is 0 Å². The first-order valence-electron chi connectivity index (χ1n) is 10.0. The third-order valence-electron chi connectivity index (χ3n) is 6.47. The normalized spacial score (nSPS) is 32.9. The van der Waals surface area contributed by atoms with Gasteiger partial charge in [-0.1, -0.05) is 30.8 Å². The molecule has 25 heavy (non-hydrogen) atoms. The zero-order chi connectivity index (χ0) is 17.2. The Morgan fingerprint density at radius 1 is 1.12 bits per heavy atom. The molecular formula is C19H30N4O2. The van der Waals surface area contributed by atoms with Crippen LogP contribution < -0.4 is 5.32 Å². The van der Waals surface area contributed by atoms with Gasteiger partial charge < -0.3 is 14.7 Å². The molecule has 2 aliphatic carbocycles. The first-order chi connectivity index (χ1) is 12.2. The van der Waals surface area contributed by atoms with Gasteiger partial charge in [-0.3, -0.25) is 0 Å². The number of hydrogen-bond donors (Lipinski definition) is 1. The van der Waals surface area contributed by atoms with Gasteiger partial charge in [0.25, 0.3) is 0 Å². The number of carbonyl (C=O) groups is 1. The van der Waals surface area contributed by atoms with Crippen LogP contribution in [0.1, 0.15) is 75.4 Å².